The summed E-state index contributed by atoms with van der Waals surface area (Å²) < 4.78 is 6.87. The van der Waals surface area contributed by atoms with Gasteiger partial charge in [-0.05, 0) is 38.3 Å². The van der Waals surface area contributed by atoms with Crippen molar-refractivity contribution >= 4 is 5.97 Å². The van der Waals surface area contributed by atoms with Crippen molar-refractivity contribution in [2.45, 2.75) is 26.8 Å². The highest BCUT2D eigenvalue weighted by Gasteiger charge is 2.27. The second-order valence-corrected chi connectivity index (χ2v) is 5.85. The van der Waals surface area contributed by atoms with E-state index in [0.29, 0.717) is 37.1 Å². The first-order valence-electron chi connectivity index (χ1n) is 7.67. The summed E-state index contributed by atoms with van der Waals surface area (Å²) in [5.74, 6) is 0.904. The molecule has 2 rings (SSSR count). The van der Waals surface area contributed by atoms with Gasteiger partial charge in [0.25, 0.3) is 0 Å². The highest BCUT2D eigenvalue weighted by atomic mass is 16.5. The fraction of sp³-hybridized carbons (Fsp3) is 0.733. The van der Waals surface area contributed by atoms with Crippen LogP contribution in [0.25, 0.3) is 0 Å². The summed E-state index contributed by atoms with van der Waals surface area (Å²) in [6.45, 7) is 7.90. The van der Waals surface area contributed by atoms with E-state index < -0.39 is 0 Å². The standard InChI is InChI=1S/C15H26N4O2/c1-4-21-15(20)13-8-17-18(3)14(13)10-19-6-5-11(2)12(7-16)9-19/h8,11-12H,4-7,9-10,16H2,1-3H3. The molecule has 0 aliphatic carbocycles. The van der Waals surface area contributed by atoms with Gasteiger partial charge in [-0.3, -0.25) is 9.58 Å². The molecule has 0 spiro atoms. The van der Waals surface area contributed by atoms with Crippen LogP contribution in [-0.4, -0.2) is 46.9 Å². The van der Waals surface area contributed by atoms with Gasteiger partial charge < -0.3 is 10.5 Å². The van der Waals surface area contributed by atoms with Crippen LogP contribution in [0.3, 0.4) is 0 Å². The zero-order valence-electron chi connectivity index (χ0n) is 13.2. The highest BCUT2D eigenvalue weighted by molar-refractivity contribution is 5.90. The largest absolute Gasteiger partial charge is 0.462 e. The van der Waals surface area contributed by atoms with Gasteiger partial charge in [0.15, 0.2) is 0 Å². The Morgan fingerprint density at radius 1 is 1.57 bits per heavy atom. The van der Waals surface area contributed by atoms with Gasteiger partial charge >= 0.3 is 5.97 Å². The van der Waals surface area contributed by atoms with Crippen LogP contribution >= 0.6 is 0 Å². The molecular formula is C15H26N4O2. The SMILES string of the molecule is CCOC(=O)c1cnn(C)c1CN1CCC(C)C(CN)C1. The average Bonchev–Trinajstić information content (AvgIpc) is 2.82. The molecule has 1 saturated heterocycles. The van der Waals surface area contributed by atoms with E-state index in [4.69, 9.17) is 10.5 Å². The van der Waals surface area contributed by atoms with Gasteiger partial charge in [-0.15, -0.1) is 0 Å². The third kappa shape index (κ3) is 3.63. The van der Waals surface area contributed by atoms with E-state index in [1.165, 1.54) is 0 Å². The first-order valence-corrected chi connectivity index (χ1v) is 7.67. The molecule has 0 saturated carbocycles. The van der Waals surface area contributed by atoms with Crippen molar-refractivity contribution < 1.29 is 9.53 Å². The van der Waals surface area contributed by atoms with Crippen molar-refractivity contribution in [3.05, 3.63) is 17.5 Å². The normalized spacial score (nSPS) is 23.2. The topological polar surface area (TPSA) is 73.4 Å². The van der Waals surface area contributed by atoms with E-state index >= 15 is 0 Å². The Hall–Kier alpha value is -1.40. The Morgan fingerprint density at radius 2 is 2.33 bits per heavy atom. The first-order chi connectivity index (χ1) is 10.1. The summed E-state index contributed by atoms with van der Waals surface area (Å²) in [6.07, 6.45) is 2.74. The average molecular weight is 294 g/mol. The first kappa shape index (κ1) is 16.0. The number of hydrogen-bond donors (Lipinski definition) is 1. The van der Waals surface area contributed by atoms with Crippen molar-refractivity contribution in [2.75, 3.05) is 26.2 Å². The summed E-state index contributed by atoms with van der Waals surface area (Å²) in [7, 11) is 1.87. The summed E-state index contributed by atoms with van der Waals surface area (Å²) in [5.41, 5.74) is 7.35. The lowest BCUT2D eigenvalue weighted by atomic mass is 9.87. The number of aromatic nitrogens is 2. The van der Waals surface area contributed by atoms with Crippen molar-refractivity contribution in [1.29, 1.82) is 0 Å². The third-order valence-corrected chi connectivity index (χ3v) is 4.43. The van der Waals surface area contributed by atoms with Gasteiger partial charge in [0.2, 0.25) is 0 Å². The van der Waals surface area contributed by atoms with Gasteiger partial charge in [0.1, 0.15) is 5.56 Å². The minimum atomic E-state index is -0.290. The molecule has 1 aromatic rings. The minimum Gasteiger partial charge on any atom is -0.462 e. The maximum absolute atomic E-state index is 12.0. The molecule has 118 valence electrons. The van der Waals surface area contributed by atoms with E-state index in [2.05, 4.69) is 16.9 Å². The zero-order valence-corrected chi connectivity index (χ0v) is 13.2. The lowest BCUT2D eigenvalue weighted by Gasteiger charge is -2.36. The Labute approximate surface area is 126 Å². The van der Waals surface area contributed by atoms with Crippen LogP contribution in [0.15, 0.2) is 6.20 Å². The summed E-state index contributed by atoms with van der Waals surface area (Å²) in [5, 5.41) is 4.20. The van der Waals surface area contributed by atoms with E-state index in [1.54, 1.807) is 10.9 Å². The molecule has 0 amide bonds. The number of hydrogen-bond acceptors (Lipinski definition) is 5. The smallest absolute Gasteiger partial charge is 0.341 e. The van der Waals surface area contributed by atoms with E-state index in [-0.39, 0.29) is 5.97 Å². The molecule has 0 aromatic carbocycles. The molecule has 1 aliphatic heterocycles. The predicted octanol–water partition coefficient (Wildman–Crippen LogP) is 1.01. The Bertz CT molecular complexity index is 486. The molecule has 6 nitrogen and oxygen atoms in total. The Balaban J connectivity index is 2.09. The van der Waals surface area contributed by atoms with Crippen LogP contribution in [0.5, 0.6) is 0 Å². The molecule has 1 aliphatic rings. The summed E-state index contributed by atoms with van der Waals surface area (Å²) in [4.78, 5) is 14.3. The monoisotopic (exact) mass is 294 g/mol. The molecule has 2 heterocycles. The van der Waals surface area contributed by atoms with Crippen molar-refractivity contribution in [2.24, 2.45) is 24.6 Å². The fourth-order valence-electron chi connectivity index (χ4n) is 2.92. The maximum atomic E-state index is 12.0. The van der Waals surface area contributed by atoms with Crippen LogP contribution in [-0.2, 0) is 18.3 Å². The highest BCUT2D eigenvalue weighted by Crippen LogP contribution is 2.24. The van der Waals surface area contributed by atoms with E-state index in [0.717, 1.165) is 25.2 Å². The Kier molecular flexibility index (Phi) is 5.36. The summed E-state index contributed by atoms with van der Waals surface area (Å²) in [6, 6.07) is 0. The number of likely N-dealkylation sites (tertiary alicyclic amines) is 1. The molecule has 2 unspecified atom stereocenters. The van der Waals surface area contributed by atoms with Crippen LogP contribution < -0.4 is 5.73 Å². The van der Waals surface area contributed by atoms with Gasteiger partial charge in [-0.1, -0.05) is 6.92 Å². The number of carbonyl (C=O) groups excluding carboxylic acids is 1. The predicted molar refractivity (Wildman–Crippen MR) is 80.8 cm³/mol. The number of rotatable bonds is 5. The van der Waals surface area contributed by atoms with Crippen LogP contribution in [0.2, 0.25) is 0 Å². The van der Waals surface area contributed by atoms with Crippen LogP contribution in [0.1, 0.15) is 36.3 Å². The van der Waals surface area contributed by atoms with Gasteiger partial charge in [-0.25, -0.2) is 4.79 Å². The van der Waals surface area contributed by atoms with Gasteiger partial charge in [0.05, 0.1) is 18.5 Å². The zero-order chi connectivity index (χ0) is 15.4. The van der Waals surface area contributed by atoms with Crippen LogP contribution in [0, 0.1) is 11.8 Å². The number of esters is 1. The Morgan fingerprint density at radius 3 is 3.00 bits per heavy atom. The molecule has 2 atom stereocenters. The maximum Gasteiger partial charge on any atom is 0.341 e. The molecule has 2 N–H and O–H groups in total. The number of ether oxygens (including phenoxy) is 1. The third-order valence-electron chi connectivity index (χ3n) is 4.43. The van der Waals surface area contributed by atoms with Crippen molar-refractivity contribution in [3.8, 4) is 0 Å². The van der Waals surface area contributed by atoms with Gasteiger partial charge in [-0.2, -0.15) is 5.10 Å². The number of nitrogens with two attached hydrogens (primary N) is 1. The van der Waals surface area contributed by atoms with E-state index in [9.17, 15) is 4.79 Å². The number of piperidine rings is 1. The molecule has 0 radical (unpaired) electrons. The van der Waals surface area contributed by atoms with Crippen molar-refractivity contribution in [1.82, 2.24) is 14.7 Å². The lowest BCUT2D eigenvalue weighted by molar-refractivity contribution is 0.0522. The second-order valence-electron chi connectivity index (χ2n) is 5.85. The number of carbonyl (C=O) groups is 1. The molecule has 1 aromatic heterocycles. The van der Waals surface area contributed by atoms with E-state index in [1.807, 2.05) is 14.0 Å². The number of aryl methyl sites for hydroxylation is 1. The lowest BCUT2D eigenvalue weighted by Crippen LogP contribution is -2.42. The molecule has 21 heavy (non-hydrogen) atoms. The quantitative estimate of drug-likeness (QED) is 0.821. The number of nitrogens with zero attached hydrogens (tertiary/aromatic N) is 3. The molecule has 1 fully saturated rings. The summed E-state index contributed by atoms with van der Waals surface area (Å²) >= 11 is 0. The molecular weight excluding hydrogens is 268 g/mol. The fourth-order valence-corrected chi connectivity index (χ4v) is 2.92. The van der Waals surface area contributed by atoms with Gasteiger partial charge in [0, 0.05) is 20.1 Å². The second kappa shape index (κ2) is 7.04. The molecule has 0 bridgehead atoms. The van der Waals surface area contributed by atoms with Crippen molar-refractivity contribution in [3.63, 3.8) is 0 Å². The minimum absolute atomic E-state index is 0.290. The van der Waals surface area contributed by atoms with Crippen LogP contribution in [0.4, 0.5) is 0 Å². The molecule has 6 heteroatoms.